The zero-order valence-corrected chi connectivity index (χ0v) is 11.4. The maximum atomic E-state index is 11.1. The third-order valence-corrected chi connectivity index (χ3v) is 3.34. The van der Waals surface area contributed by atoms with E-state index in [1.54, 1.807) is 41.1 Å². The van der Waals surface area contributed by atoms with Crippen LogP contribution in [0.2, 0.25) is 0 Å². The molecule has 7 nitrogen and oxygen atoms in total. The molecule has 0 fully saturated rings. The largest absolute Gasteiger partial charge is 0.619 e. The lowest BCUT2D eigenvalue weighted by molar-refractivity contribution is -0.605. The number of pyridine rings is 2. The van der Waals surface area contributed by atoms with E-state index >= 15 is 0 Å². The summed E-state index contributed by atoms with van der Waals surface area (Å²) in [5, 5.41) is 15.5. The maximum absolute atomic E-state index is 11.1. The highest BCUT2D eigenvalue weighted by molar-refractivity contribution is 5.71. The number of hydrogen-bond donors (Lipinski definition) is 1. The van der Waals surface area contributed by atoms with Crippen molar-refractivity contribution in [2.24, 2.45) is 0 Å². The lowest BCUT2D eigenvalue weighted by Crippen LogP contribution is -2.23. The van der Waals surface area contributed by atoms with E-state index in [0.717, 1.165) is 15.9 Å². The molecule has 0 aliphatic rings. The Morgan fingerprint density at radius 2 is 1.95 bits per heavy atom. The van der Waals surface area contributed by atoms with Crippen molar-refractivity contribution in [3.63, 3.8) is 0 Å². The maximum Gasteiger partial charge on any atom is 0.217 e. The fourth-order valence-corrected chi connectivity index (χ4v) is 2.29. The van der Waals surface area contributed by atoms with E-state index in [-0.39, 0.29) is 0 Å². The van der Waals surface area contributed by atoms with E-state index in [4.69, 9.17) is 10.2 Å². The molecule has 0 aromatic carbocycles. The molecule has 4 aromatic rings. The van der Waals surface area contributed by atoms with Crippen LogP contribution in [0.1, 0.15) is 0 Å². The Hall–Kier alpha value is -3.35. The summed E-state index contributed by atoms with van der Waals surface area (Å²) in [5.41, 5.74) is 8.41. The van der Waals surface area contributed by atoms with E-state index in [1.165, 1.54) is 12.4 Å². The van der Waals surface area contributed by atoms with Crippen molar-refractivity contribution in [1.82, 2.24) is 14.6 Å². The minimum absolute atomic E-state index is 0.455. The summed E-state index contributed by atoms with van der Waals surface area (Å²) in [5.74, 6) is 1.51. The first-order chi connectivity index (χ1) is 10.7. The predicted molar refractivity (Wildman–Crippen MR) is 79.5 cm³/mol. The van der Waals surface area contributed by atoms with Crippen LogP contribution < -0.4 is 10.5 Å². The van der Waals surface area contributed by atoms with E-state index in [2.05, 4.69) is 10.1 Å². The fourth-order valence-electron chi connectivity index (χ4n) is 2.29. The second-order valence-corrected chi connectivity index (χ2v) is 4.80. The van der Waals surface area contributed by atoms with Gasteiger partial charge in [0.15, 0.2) is 23.8 Å². The number of anilines is 1. The van der Waals surface area contributed by atoms with Crippen LogP contribution in [0.25, 0.3) is 28.4 Å². The van der Waals surface area contributed by atoms with Crippen molar-refractivity contribution in [2.45, 2.75) is 0 Å². The standard InChI is InChI=1S/C15H11N5O2/c16-13-8-11(10-3-5-19(21)6-4-10)9-14-17-15(18-20(13)14)12-2-1-7-22-12/h1-9H,16H2. The van der Waals surface area contributed by atoms with Gasteiger partial charge in [-0.3, -0.25) is 0 Å². The number of nitrogens with two attached hydrogens (primary N) is 1. The highest BCUT2D eigenvalue weighted by Gasteiger charge is 2.12. The smallest absolute Gasteiger partial charge is 0.217 e. The highest BCUT2D eigenvalue weighted by Crippen LogP contribution is 2.24. The molecule has 2 N–H and O–H groups in total. The van der Waals surface area contributed by atoms with Crippen molar-refractivity contribution < 1.29 is 9.15 Å². The Balaban J connectivity index is 1.87. The van der Waals surface area contributed by atoms with E-state index in [1.807, 2.05) is 6.07 Å². The van der Waals surface area contributed by atoms with Gasteiger partial charge in [0.2, 0.25) is 5.82 Å². The number of rotatable bonds is 2. The van der Waals surface area contributed by atoms with E-state index < -0.39 is 0 Å². The first kappa shape index (κ1) is 12.4. The first-order valence-electron chi connectivity index (χ1n) is 6.60. The Morgan fingerprint density at radius 1 is 1.14 bits per heavy atom. The van der Waals surface area contributed by atoms with Crippen molar-refractivity contribution in [2.75, 3.05) is 5.73 Å². The zero-order chi connectivity index (χ0) is 15.1. The van der Waals surface area contributed by atoms with E-state index in [9.17, 15) is 5.21 Å². The van der Waals surface area contributed by atoms with Crippen LogP contribution in [-0.2, 0) is 0 Å². The molecule has 0 unspecified atom stereocenters. The molecule has 0 atom stereocenters. The van der Waals surface area contributed by atoms with Crippen LogP contribution in [0.4, 0.5) is 5.82 Å². The van der Waals surface area contributed by atoms with Crippen LogP contribution in [0.5, 0.6) is 0 Å². The summed E-state index contributed by atoms with van der Waals surface area (Å²) in [6.07, 6.45) is 4.44. The summed E-state index contributed by atoms with van der Waals surface area (Å²) in [7, 11) is 0. The molecule has 7 heteroatoms. The molecule has 0 spiro atoms. The van der Waals surface area contributed by atoms with Gasteiger partial charge in [0.1, 0.15) is 5.82 Å². The van der Waals surface area contributed by atoms with E-state index in [0.29, 0.717) is 23.0 Å². The predicted octanol–water partition coefficient (Wildman–Crippen LogP) is 1.87. The quantitative estimate of drug-likeness (QED) is 0.449. The molecule has 0 saturated carbocycles. The van der Waals surface area contributed by atoms with Gasteiger partial charge in [-0.25, -0.2) is 4.98 Å². The summed E-state index contributed by atoms with van der Waals surface area (Å²) < 4.78 is 7.59. The summed E-state index contributed by atoms with van der Waals surface area (Å²) in [4.78, 5) is 4.43. The number of fused-ring (bicyclic) bond motifs is 1. The summed E-state index contributed by atoms with van der Waals surface area (Å²) >= 11 is 0. The average molecular weight is 293 g/mol. The fraction of sp³-hybridized carbons (Fsp3) is 0. The zero-order valence-electron chi connectivity index (χ0n) is 11.4. The first-order valence-corrected chi connectivity index (χ1v) is 6.60. The van der Waals surface area contributed by atoms with Crippen LogP contribution in [0, 0.1) is 5.21 Å². The van der Waals surface area contributed by atoms with Gasteiger partial charge in [0.05, 0.1) is 6.26 Å². The molecule has 0 amide bonds. The molecule has 0 bridgehead atoms. The second-order valence-electron chi connectivity index (χ2n) is 4.80. The SMILES string of the molecule is Nc1cc(-c2cc[n+]([O-])cc2)cc2nc(-c3ccco3)nn12. The van der Waals surface area contributed by atoms with Gasteiger partial charge in [-0.1, -0.05) is 0 Å². The van der Waals surface area contributed by atoms with Crippen molar-refractivity contribution in [3.8, 4) is 22.7 Å². The minimum Gasteiger partial charge on any atom is -0.619 e. The number of aromatic nitrogens is 4. The molecule has 0 saturated heterocycles. The van der Waals surface area contributed by atoms with Gasteiger partial charge in [-0.15, -0.1) is 5.10 Å². The van der Waals surface area contributed by atoms with Gasteiger partial charge in [-0.2, -0.15) is 9.25 Å². The number of hydrogen-bond acceptors (Lipinski definition) is 5. The normalized spacial score (nSPS) is 11.1. The van der Waals surface area contributed by atoms with Gasteiger partial charge in [0, 0.05) is 12.1 Å². The molecule has 4 rings (SSSR count). The molecule has 108 valence electrons. The van der Waals surface area contributed by atoms with Crippen LogP contribution >= 0.6 is 0 Å². The molecule has 0 radical (unpaired) electrons. The summed E-state index contributed by atoms with van der Waals surface area (Å²) in [6.45, 7) is 0. The van der Waals surface area contributed by atoms with Crippen LogP contribution in [0.3, 0.4) is 0 Å². The molecular formula is C15H11N5O2. The second kappa shape index (κ2) is 4.59. The van der Waals surface area contributed by atoms with Crippen molar-refractivity contribution in [3.05, 3.63) is 60.3 Å². The molecule has 0 aliphatic carbocycles. The number of furan rings is 1. The molecule has 4 heterocycles. The third kappa shape index (κ3) is 1.96. The topological polar surface area (TPSA) is 96.3 Å². The van der Waals surface area contributed by atoms with Gasteiger partial charge >= 0.3 is 0 Å². The van der Waals surface area contributed by atoms with Crippen LogP contribution in [-0.4, -0.2) is 14.6 Å². The molecule has 4 aromatic heterocycles. The Morgan fingerprint density at radius 3 is 2.68 bits per heavy atom. The monoisotopic (exact) mass is 293 g/mol. The summed E-state index contributed by atoms with van der Waals surface area (Å²) in [6, 6.07) is 10.7. The average Bonchev–Trinajstić information content (AvgIpc) is 3.17. The Bertz CT molecular complexity index is 942. The molecular weight excluding hydrogens is 282 g/mol. The number of nitrogen functional groups attached to an aromatic ring is 1. The third-order valence-electron chi connectivity index (χ3n) is 3.34. The van der Waals surface area contributed by atoms with Gasteiger partial charge < -0.3 is 15.4 Å². The van der Waals surface area contributed by atoms with Crippen molar-refractivity contribution in [1.29, 1.82) is 0 Å². The minimum atomic E-state index is 0.455. The Labute approximate surface area is 124 Å². The lowest BCUT2D eigenvalue weighted by Gasteiger charge is -2.04. The molecule has 22 heavy (non-hydrogen) atoms. The van der Waals surface area contributed by atoms with Crippen molar-refractivity contribution >= 4 is 11.5 Å². The van der Waals surface area contributed by atoms with Gasteiger partial charge in [-0.05, 0) is 35.4 Å². The Kier molecular flexibility index (Phi) is 2.59. The lowest BCUT2D eigenvalue weighted by atomic mass is 10.1. The van der Waals surface area contributed by atoms with Crippen LogP contribution in [0.15, 0.2) is 59.5 Å². The molecule has 0 aliphatic heterocycles. The highest BCUT2D eigenvalue weighted by atomic mass is 16.5. The van der Waals surface area contributed by atoms with Gasteiger partial charge in [0.25, 0.3) is 0 Å². The number of nitrogens with zero attached hydrogens (tertiary/aromatic N) is 4.